The molecule has 0 atom stereocenters. The van der Waals surface area contributed by atoms with E-state index in [-0.39, 0.29) is 24.7 Å². The van der Waals surface area contributed by atoms with Gasteiger partial charge in [-0.15, -0.1) is 0 Å². The number of carbonyl (C=O) groups is 2. The van der Waals surface area contributed by atoms with Crippen LogP contribution in [0.25, 0.3) is 10.3 Å². The van der Waals surface area contributed by atoms with E-state index >= 15 is 0 Å². The number of aromatic nitrogens is 2. The van der Waals surface area contributed by atoms with Crippen LogP contribution in [0.5, 0.6) is 0 Å². The quantitative estimate of drug-likeness (QED) is 0.660. The molecule has 0 bridgehead atoms. The summed E-state index contributed by atoms with van der Waals surface area (Å²) < 4.78 is 0. The number of benzene rings is 1. The summed E-state index contributed by atoms with van der Waals surface area (Å²) in [6, 6.07) is 11.9. The molecule has 0 aliphatic carbocycles. The van der Waals surface area contributed by atoms with Crippen LogP contribution in [0.1, 0.15) is 24.0 Å². The van der Waals surface area contributed by atoms with Gasteiger partial charge < -0.3 is 15.1 Å². The molecule has 0 radical (unpaired) electrons. The first-order valence-corrected chi connectivity index (χ1v) is 11.0. The highest BCUT2D eigenvalue weighted by atomic mass is 32.1. The second-order valence-electron chi connectivity index (χ2n) is 7.46. The van der Waals surface area contributed by atoms with Crippen LogP contribution in [0.4, 0.5) is 5.13 Å². The standard InChI is InChI=1S/C22H25N5O2S/c1-16-4-2-5-17(14-16)15-24-19(28)7-8-20(29)26-10-12-27(13-11-26)22-25-18-6-3-9-23-21(18)30-22/h2-6,9,14H,7-8,10-13,15H2,1H3,(H,24,28). The van der Waals surface area contributed by atoms with Crippen LogP contribution in [0.15, 0.2) is 42.6 Å². The maximum atomic E-state index is 12.5. The number of carbonyl (C=O) groups excluding carboxylic acids is 2. The molecule has 156 valence electrons. The van der Waals surface area contributed by atoms with Gasteiger partial charge in [0.1, 0.15) is 10.3 Å². The van der Waals surface area contributed by atoms with Crippen molar-refractivity contribution in [1.82, 2.24) is 20.2 Å². The van der Waals surface area contributed by atoms with E-state index in [2.05, 4.69) is 20.2 Å². The Morgan fingerprint density at radius 1 is 1.10 bits per heavy atom. The van der Waals surface area contributed by atoms with Crippen molar-refractivity contribution in [3.05, 3.63) is 53.7 Å². The van der Waals surface area contributed by atoms with E-state index in [0.717, 1.165) is 39.7 Å². The molecule has 30 heavy (non-hydrogen) atoms. The fourth-order valence-electron chi connectivity index (χ4n) is 3.53. The molecule has 4 rings (SSSR count). The Bertz CT molecular complexity index is 1010. The van der Waals surface area contributed by atoms with E-state index in [1.54, 1.807) is 17.5 Å². The maximum absolute atomic E-state index is 12.5. The summed E-state index contributed by atoms with van der Waals surface area (Å²) in [7, 11) is 0. The van der Waals surface area contributed by atoms with E-state index in [0.29, 0.717) is 19.6 Å². The number of piperazine rings is 1. The van der Waals surface area contributed by atoms with E-state index in [9.17, 15) is 9.59 Å². The number of aryl methyl sites for hydroxylation is 1. The SMILES string of the molecule is Cc1cccc(CNC(=O)CCC(=O)N2CCN(c3nc4cccnc4s3)CC2)c1. The molecule has 1 aliphatic heterocycles. The zero-order valence-corrected chi connectivity index (χ0v) is 17.8. The Hall–Kier alpha value is -3.00. The molecule has 0 spiro atoms. The average molecular weight is 424 g/mol. The summed E-state index contributed by atoms with van der Waals surface area (Å²) in [5.74, 6) is -0.0585. The van der Waals surface area contributed by atoms with Crippen molar-refractivity contribution in [2.45, 2.75) is 26.3 Å². The first-order valence-electron chi connectivity index (χ1n) is 10.1. The van der Waals surface area contributed by atoms with Crippen LogP contribution in [-0.2, 0) is 16.1 Å². The van der Waals surface area contributed by atoms with E-state index in [1.807, 2.05) is 48.2 Å². The number of nitrogens with one attached hydrogen (secondary N) is 1. The number of fused-ring (bicyclic) bond motifs is 1. The van der Waals surface area contributed by atoms with Crippen molar-refractivity contribution < 1.29 is 9.59 Å². The molecule has 1 aromatic carbocycles. The fourth-order valence-corrected chi connectivity index (χ4v) is 4.49. The van der Waals surface area contributed by atoms with Gasteiger partial charge in [0.25, 0.3) is 0 Å². The van der Waals surface area contributed by atoms with Crippen molar-refractivity contribution in [2.24, 2.45) is 0 Å². The van der Waals surface area contributed by atoms with Crippen molar-refractivity contribution in [1.29, 1.82) is 0 Å². The normalized spacial score (nSPS) is 14.2. The van der Waals surface area contributed by atoms with Gasteiger partial charge in [-0.2, -0.15) is 0 Å². The molecule has 3 aromatic rings. The topological polar surface area (TPSA) is 78.4 Å². The maximum Gasteiger partial charge on any atom is 0.223 e. The average Bonchev–Trinajstić information content (AvgIpc) is 3.20. The van der Waals surface area contributed by atoms with Crippen LogP contribution in [0, 0.1) is 6.92 Å². The minimum Gasteiger partial charge on any atom is -0.352 e. The smallest absolute Gasteiger partial charge is 0.223 e. The van der Waals surface area contributed by atoms with Gasteiger partial charge >= 0.3 is 0 Å². The Morgan fingerprint density at radius 2 is 1.93 bits per heavy atom. The van der Waals surface area contributed by atoms with Gasteiger partial charge in [-0.05, 0) is 24.6 Å². The van der Waals surface area contributed by atoms with Crippen molar-refractivity contribution in [2.75, 3.05) is 31.1 Å². The number of thiazole rings is 1. The first-order chi connectivity index (χ1) is 14.6. The van der Waals surface area contributed by atoms with E-state index < -0.39 is 0 Å². The first kappa shape index (κ1) is 20.3. The predicted octanol–water partition coefficient (Wildman–Crippen LogP) is 2.74. The lowest BCUT2D eigenvalue weighted by molar-refractivity contribution is -0.133. The number of anilines is 1. The third kappa shape index (κ3) is 4.94. The third-order valence-corrected chi connectivity index (χ3v) is 6.24. The summed E-state index contributed by atoms with van der Waals surface area (Å²) >= 11 is 1.58. The van der Waals surface area contributed by atoms with Gasteiger partial charge in [0, 0.05) is 51.8 Å². The molecule has 1 saturated heterocycles. The highest BCUT2D eigenvalue weighted by Gasteiger charge is 2.23. The van der Waals surface area contributed by atoms with Gasteiger partial charge in [0.15, 0.2) is 5.13 Å². The lowest BCUT2D eigenvalue weighted by Gasteiger charge is -2.34. The number of amides is 2. The molecule has 0 unspecified atom stereocenters. The van der Waals surface area contributed by atoms with Crippen molar-refractivity contribution in [3.63, 3.8) is 0 Å². The molecule has 3 heterocycles. The summed E-state index contributed by atoms with van der Waals surface area (Å²) in [5, 5.41) is 3.85. The Kier molecular flexibility index (Phi) is 6.23. The van der Waals surface area contributed by atoms with Crippen LogP contribution >= 0.6 is 11.3 Å². The number of hydrogen-bond donors (Lipinski definition) is 1. The van der Waals surface area contributed by atoms with Gasteiger partial charge in [-0.3, -0.25) is 9.59 Å². The number of hydrogen-bond acceptors (Lipinski definition) is 6. The van der Waals surface area contributed by atoms with Gasteiger partial charge in [-0.25, -0.2) is 9.97 Å². The Balaban J connectivity index is 1.21. The second-order valence-corrected chi connectivity index (χ2v) is 8.41. The number of pyridine rings is 1. The second kappa shape index (κ2) is 9.21. The minimum absolute atomic E-state index is 0.0336. The summed E-state index contributed by atoms with van der Waals surface area (Å²) in [4.78, 5) is 38.6. The molecular formula is C22H25N5O2S. The fraction of sp³-hybridized carbons (Fsp3) is 0.364. The Labute approximate surface area is 179 Å². The van der Waals surface area contributed by atoms with Crippen LogP contribution < -0.4 is 10.2 Å². The van der Waals surface area contributed by atoms with E-state index in [1.165, 1.54) is 0 Å². The lowest BCUT2D eigenvalue weighted by Crippen LogP contribution is -2.48. The van der Waals surface area contributed by atoms with Crippen LogP contribution in [0.2, 0.25) is 0 Å². The molecule has 0 saturated carbocycles. The molecule has 2 amide bonds. The molecule has 8 heteroatoms. The van der Waals surface area contributed by atoms with Crippen molar-refractivity contribution in [3.8, 4) is 0 Å². The van der Waals surface area contributed by atoms with Crippen LogP contribution in [0.3, 0.4) is 0 Å². The summed E-state index contributed by atoms with van der Waals surface area (Å²) in [6.07, 6.45) is 2.23. The lowest BCUT2D eigenvalue weighted by atomic mass is 10.1. The highest BCUT2D eigenvalue weighted by molar-refractivity contribution is 7.21. The molecule has 2 aromatic heterocycles. The van der Waals surface area contributed by atoms with Gasteiger partial charge in [0.2, 0.25) is 11.8 Å². The zero-order chi connectivity index (χ0) is 20.9. The van der Waals surface area contributed by atoms with E-state index in [4.69, 9.17) is 0 Å². The molecular weight excluding hydrogens is 398 g/mol. The predicted molar refractivity (Wildman–Crippen MR) is 118 cm³/mol. The highest BCUT2D eigenvalue weighted by Crippen LogP contribution is 2.27. The molecule has 1 fully saturated rings. The molecule has 1 aliphatic rings. The summed E-state index contributed by atoms with van der Waals surface area (Å²) in [6.45, 7) is 5.29. The monoisotopic (exact) mass is 423 g/mol. The molecule has 7 nitrogen and oxygen atoms in total. The molecule has 1 N–H and O–H groups in total. The number of rotatable bonds is 6. The Morgan fingerprint density at radius 3 is 2.70 bits per heavy atom. The third-order valence-electron chi connectivity index (χ3n) is 5.20. The number of nitrogens with zero attached hydrogens (tertiary/aromatic N) is 4. The van der Waals surface area contributed by atoms with Gasteiger partial charge in [0.05, 0.1) is 0 Å². The van der Waals surface area contributed by atoms with Crippen molar-refractivity contribution >= 4 is 38.6 Å². The van der Waals surface area contributed by atoms with Gasteiger partial charge in [-0.1, -0.05) is 41.2 Å². The summed E-state index contributed by atoms with van der Waals surface area (Å²) in [5.41, 5.74) is 3.14. The minimum atomic E-state index is -0.0922. The zero-order valence-electron chi connectivity index (χ0n) is 17.0. The van der Waals surface area contributed by atoms with Crippen LogP contribution in [-0.4, -0.2) is 52.9 Å². The largest absolute Gasteiger partial charge is 0.352 e.